The van der Waals surface area contributed by atoms with Gasteiger partial charge in [-0.3, -0.25) is 0 Å². The Morgan fingerprint density at radius 1 is 0.579 bits per heavy atom. The first-order valence-corrected chi connectivity index (χ1v) is 16.0. The Labute approximate surface area is 226 Å². The summed E-state index contributed by atoms with van der Waals surface area (Å²) in [5.74, 6) is 0. The molecule has 0 atom stereocenters. The summed E-state index contributed by atoms with van der Waals surface area (Å²) in [6.07, 6.45) is 15.8. The predicted octanol–water partition coefficient (Wildman–Crippen LogP) is 10.3. The molecule has 6 rings (SSSR count). The highest BCUT2D eigenvalue weighted by atomic mass is 31.1. The van der Waals surface area contributed by atoms with Crippen LogP contribution in [0.4, 0.5) is 17.3 Å². The maximum absolute atomic E-state index is 9.75. The van der Waals surface area contributed by atoms with Gasteiger partial charge in [-0.15, -0.1) is 0 Å². The number of hydrogen-bond donors (Lipinski definition) is 0. The summed E-state index contributed by atoms with van der Waals surface area (Å²) in [6, 6.07) is 30.5. The van der Waals surface area contributed by atoms with Gasteiger partial charge in [0.1, 0.15) is 5.16 Å². The van der Waals surface area contributed by atoms with Crippen LogP contribution in [0.2, 0.25) is 0 Å². The third kappa shape index (κ3) is 5.88. The molecule has 38 heavy (non-hydrogen) atoms. The summed E-state index contributed by atoms with van der Waals surface area (Å²) in [4.78, 5) is 0. The van der Waals surface area contributed by atoms with E-state index in [4.69, 9.17) is 0 Å². The second-order valence-electron chi connectivity index (χ2n) is 11.3. The van der Waals surface area contributed by atoms with Crippen LogP contribution in [-0.4, -0.2) is 18.6 Å². The summed E-state index contributed by atoms with van der Waals surface area (Å²) in [5, 5.41) is 0.198. The van der Waals surface area contributed by atoms with E-state index >= 15 is 0 Å². The highest BCUT2D eigenvalue weighted by molar-refractivity contribution is 7.60. The molecule has 202 valence electrons. The fourth-order valence-electron chi connectivity index (χ4n) is 7.69. The Bertz CT molecular complexity index is 1110. The molecule has 0 radical (unpaired) electrons. The van der Waals surface area contributed by atoms with E-state index in [9.17, 15) is 17.3 Å². The molecule has 0 heterocycles. The molecular weight excluding hydrogens is 502 g/mol. The van der Waals surface area contributed by atoms with Gasteiger partial charge in [-0.25, -0.2) is 0 Å². The zero-order chi connectivity index (χ0) is 26.6. The zero-order valence-electron chi connectivity index (χ0n) is 22.0. The second-order valence-corrected chi connectivity index (χ2v) is 14.7. The third-order valence-corrected chi connectivity index (χ3v) is 13.6. The largest absolute Gasteiger partial charge is 0.673 e. The molecule has 0 aliphatic heterocycles. The quantitative estimate of drug-likeness (QED) is 0.172. The van der Waals surface area contributed by atoms with Crippen molar-refractivity contribution in [2.75, 3.05) is 0 Å². The molecule has 6 heteroatoms. The van der Waals surface area contributed by atoms with Gasteiger partial charge in [-0.2, -0.15) is 0 Å². The first-order valence-electron chi connectivity index (χ1n) is 14.4. The van der Waals surface area contributed by atoms with E-state index in [1.54, 1.807) is 11.1 Å². The molecule has 3 aliphatic rings. The van der Waals surface area contributed by atoms with Crippen LogP contribution in [0.3, 0.4) is 0 Å². The first-order chi connectivity index (χ1) is 18.4. The standard InChI is InChI=1S/C32H37P.BF4/c1-4-14-25(15-5-1)24-32(30-22-12-10-20-28(30)29-21-11-13-23-31(29)32)33(26-16-6-2-7-17-26)27-18-8-3-9-19-27;2-1(3,4)5/h1,4-5,10-15,20-23,26-27H,2-3,6-9,16-19,24H2;/q;-1/p+1. The molecule has 2 fully saturated rings. The molecule has 0 spiro atoms. The summed E-state index contributed by atoms with van der Waals surface area (Å²) in [7, 11) is -6.70. The van der Waals surface area contributed by atoms with Gasteiger partial charge in [0.05, 0.1) is 11.3 Å². The normalized spacial score (nSPS) is 19.4. The van der Waals surface area contributed by atoms with Crippen LogP contribution in [0.5, 0.6) is 0 Å². The average Bonchev–Trinajstić information content (AvgIpc) is 3.20. The maximum atomic E-state index is 9.75. The minimum absolute atomic E-state index is 0.198. The van der Waals surface area contributed by atoms with Gasteiger partial charge >= 0.3 is 7.25 Å². The van der Waals surface area contributed by atoms with Crippen LogP contribution < -0.4 is 0 Å². The van der Waals surface area contributed by atoms with E-state index in [0.717, 1.165) is 11.3 Å². The van der Waals surface area contributed by atoms with Gasteiger partial charge in [-0.1, -0.05) is 91.7 Å². The van der Waals surface area contributed by atoms with Crippen molar-refractivity contribution in [2.24, 2.45) is 0 Å². The molecule has 3 aromatic rings. The SMILES string of the molecule is F[B-](F)(F)F.c1ccc(CC2([PH+](C3CCCCC3)C3CCCCC3)c3ccccc3-c3ccccc32)cc1. The number of fused-ring (bicyclic) bond motifs is 3. The van der Waals surface area contributed by atoms with E-state index in [-0.39, 0.29) is 5.16 Å². The fourth-order valence-corrected chi connectivity index (χ4v) is 13.3. The van der Waals surface area contributed by atoms with Gasteiger partial charge in [0.2, 0.25) is 0 Å². The zero-order valence-corrected chi connectivity index (χ0v) is 23.0. The van der Waals surface area contributed by atoms with Gasteiger partial charge in [-0.05, 0) is 68.1 Å². The van der Waals surface area contributed by atoms with E-state index in [2.05, 4.69) is 78.9 Å². The number of halogens is 4. The van der Waals surface area contributed by atoms with Crippen molar-refractivity contribution in [2.45, 2.75) is 87.1 Å². The molecule has 2 saturated carbocycles. The molecule has 3 aromatic carbocycles. The van der Waals surface area contributed by atoms with Crippen LogP contribution in [0.25, 0.3) is 11.1 Å². The minimum atomic E-state index is -6.00. The monoisotopic (exact) mass is 540 g/mol. The Kier molecular flexibility index (Phi) is 8.63. The van der Waals surface area contributed by atoms with Crippen LogP contribution in [0.15, 0.2) is 78.9 Å². The highest BCUT2D eigenvalue weighted by Crippen LogP contribution is 2.74. The fraction of sp³-hybridized carbons (Fsp3) is 0.438. The molecule has 0 nitrogen and oxygen atoms in total. The van der Waals surface area contributed by atoms with Crippen LogP contribution in [0, 0.1) is 0 Å². The topological polar surface area (TPSA) is 0 Å². The van der Waals surface area contributed by atoms with Gasteiger partial charge in [0.15, 0.2) is 0 Å². The maximum Gasteiger partial charge on any atom is 0.673 e. The van der Waals surface area contributed by atoms with Crippen molar-refractivity contribution in [3.8, 4) is 11.1 Å². The Balaban J connectivity index is 0.000000540. The molecule has 0 unspecified atom stereocenters. The van der Waals surface area contributed by atoms with Crippen LogP contribution in [-0.2, 0) is 11.6 Å². The third-order valence-electron chi connectivity index (χ3n) is 8.96. The lowest BCUT2D eigenvalue weighted by Crippen LogP contribution is -2.36. The minimum Gasteiger partial charge on any atom is -0.418 e. The summed E-state index contributed by atoms with van der Waals surface area (Å²) in [5.41, 5.74) is 9.82. The number of rotatable bonds is 5. The lowest BCUT2D eigenvalue weighted by Gasteiger charge is -2.44. The summed E-state index contributed by atoms with van der Waals surface area (Å²) < 4.78 is 39.0. The molecule has 0 N–H and O–H groups in total. The van der Waals surface area contributed by atoms with E-state index in [0.29, 0.717) is 0 Å². The lowest BCUT2D eigenvalue weighted by atomic mass is 9.88. The van der Waals surface area contributed by atoms with Crippen molar-refractivity contribution in [1.29, 1.82) is 0 Å². The molecule has 0 amide bonds. The van der Waals surface area contributed by atoms with Crippen molar-refractivity contribution >= 4 is 15.2 Å². The van der Waals surface area contributed by atoms with Gasteiger partial charge in [0, 0.05) is 25.5 Å². The molecule has 0 saturated heterocycles. The molecule has 3 aliphatic carbocycles. The van der Waals surface area contributed by atoms with E-state index in [1.165, 1.54) is 87.3 Å². The van der Waals surface area contributed by atoms with E-state index < -0.39 is 15.2 Å². The van der Waals surface area contributed by atoms with Crippen molar-refractivity contribution in [3.05, 3.63) is 95.6 Å². The van der Waals surface area contributed by atoms with Crippen molar-refractivity contribution < 1.29 is 17.3 Å². The highest BCUT2D eigenvalue weighted by Gasteiger charge is 2.59. The van der Waals surface area contributed by atoms with Crippen molar-refractivity contribution in [1.82, 2.24) is 0 Å². The van der Waals surface area contributed by atoms with Crippen LogP contribution >= 0.6 is 7.92 Å². The first kappa shape index (κ1) is 27.4. The summed E-state index contributed by atoms with van der Waals surface area (Å²) >= 11 is 0. The lowest BCUT2D eigenvalue weighted by molar-refractivity contribution is 0.368. The smallest absolute Gasteiger partial charge is 0.418 e. The Morgan fingerprint density at radius 2 is 0.974 bits per heavy atom. The van der Waals surface area contributed by atoms with Gasteiger partial charge < -0.3 is 17.3 Å². The molecule has 0 aromatic heterocycles. The predicted molar refractivity (Wildman–Crippen MR) is 155 cm³/mol. The van der Waals surface area contributed by atoms with Crippen LogP contribution in [0.1, 0.15) is 80.9 Å². The Morgan fingerprint density at radius 3 is 1.42 bits per heavy atom. The molecular formula is C32H38BF4P. The summed E-state index contributed by atoms with van der Waals surface area (Å²) in [6.45, 7) is 0. The van der Waals surface area contributed by atoms with Gasteiger partial charge in [0.25, 0.3) is 0 Å². The number of benzene rings is 3. The average molecular weight is 540 g/mol. The van der Waals surface area contributed by atoms with Crippen molar-refractivity contribution in [3.63, 3.8) is 0 Å². The van der Waals surface area contributed by atoms with E-state index in [1.807, 2.05) is 0 Å². The Hall–Kier alpha value is -2.13. The number of hydrogen-bond acceptors (Lipinski definition) is 0. The molecule has 0 bridgehead atoms. The second kappa shape index (κ2) is 11.9.